The molecule has 1 aromatic carbocycles. The minimum Gasteiger partial charge on any atom is -0.462 e. The van der Waals surface area contributed by atoms with E-state index in [1.165, 1.54) is 10.8 Å². The van der Waals surface area contributed by atoms with Crippen molar-refractivity contribution in [1.29, 1.82) is 0 Å². The summed E-state index contributed by atoms with van der Waals surface area (Å²) in [5.74, 6) is 0.485. The molecular formula is C30H34N6O4. The Hall–Kier alpha value is -4.73. The van der Waals surface area contributed by atoms with Gasteiger partial charge in [-0.05, 0) is 46.9 Å². The Morgan fingerprint density at radius 2 is 1.93 bits per heavy atom. The van der Waals surface area contributed by atoms with Crippen molar-refractivity contribution in [3.63, 3.8) is 0 Å². The SMILES string of the molecule is C=Nc1c(/C=C\C)c(-c2cc(N(C)Cc3ccccc3)n3ncc(C(=O)OCC)c3n2)cn1C(=O)OC(C)(C)C. The van der Waals surface area contributed by atoms with Gasteiger partial charge in [0.1, 0.15) is 22.8 Å². The van der Waals surface area contributed by atoms with Crippen LogP contribution in [0.1, 0.15) is 56.1 Å². The van der Waals surface area contributed by atoms with Crippen LogP contribution in [0.15, 0.2) is 59.9 Å². The molecule has 0 N–H and O–H groups in total. The lowest BCUT2D eigenvalue weighted by Gasteiger charge is -2.21. The maximum absolute atomic E-state index is 13.1. The number of aromatic nitrogens is 4. The Morgan fingerprint density at radius 3 is 2.55 bits per heavy atom. The second-order valence-electron chi connectivity index (χ2n) is 10.1. The van der Waals surface area contributed by atoms with Gasteiger partial charge in [-0.2, -0.15) is 9.61 Å². The third-order valence-electron chi connectivity index (χ3n) is 5.97. The van der Waals surface area contributed by atoms with Crippen LogP contribution in [0, 0.1) is 0 Å². The molecule has 4 rings (SSSR count). The van der Waals surface area contributed by atoms with Gasteiger partial charge in [0.05, 0.1) is 18.5 Å². The molecule has 0 aliphatic heterocycles. The Kier molecular flexibility index (Phi) is 8.18. The standard InChI is InChI=1S/C30H34N6O4/c1-8-13-21-23(19-35(26(21)31-6)29(38)40-30(3,4)5)24-16-25(34(7)18-20-14-11-10-12-15-20)36-27(33-24)22(17-32-36)28(37)39-9-2/h8,10-17,19H,6,9,18H2,1-5,7H3/b13-8-. The summed E-state index contributed by atoms with van der Waals surface area (Å²) in [6.07, 6.45) is 6.18. The van der Waals surface area contributed by atoms with Crippen LogP contribution in [0.3, 0.4) is 0 Å². The van der Waals surface area contributed by atoms with Gasteiger partial charge in [-0.3, -0.25) is 0 Å². The first-order valence-corrected chi connectivity index (χ1v) is 13.0. The van der Waals surface area contributed by atoms with Gasteiger partial charge in [0, 0.05) is 37.0 Å². The van der Waals surface area contributed by atoms with Crippen LogP contribution in [-0.4, -0.2) is 57.2 Å². The van der Waals surface area contributed by atoms with Gasteiger partial charge < -0.3 is 14.4 Å². The highest BCUT2D eigenvalue weighted by Crippen LogP contribution is 2.36. The van der Waals surface area contributed by atoms with Crippen LogP contribution < -0.4 is 4.90 Å². The van der Waals surface area contributed by atoms with Gasteiger partial charge in [0.15, 0.2) is 5.65 Å². The summed E-state index contributed by atoms with van der Waals surface area (Å²) in [5, 5.41) is 4.48. The van der Waals surface area contributed by atoms with Gasteiger partial charge in [0.2, 0.25) is 0 Å². The van der Waals surface area contributed by atoms with Crippen LogP contribution >= 0.6 is 0 Å². The molecule has 0 aliphatic carbocycles. The van der Waals surface area contributed by atoms with Crippen molar-refractivity contribution in [3.8, 4) is 11.3 Å². The molecule has 0 fully saturated rings. The van der Waals surface area contributed by atoms with Crippen LogP contribution in [0.25, 0.3) is 23.0 Å². The fourth-order valence-electron chi connectivity index (χ4n) is 4.30. The highest BCUT2D eigenvalue weighted by Gasteiger charge is 2.26. The minimum absolute atomic E-state index is 0.217. The number of carbonyl (C=O) groups is 2. The average molecular weight is 543 g/mol. The molecule has 10 heteroatoms. The molecule has 40 heavy (non-hydrogen) atoms. The van der Waals surface area contributed by atoms with E-state index >= 15 is 0 Å². The Morgan fingerprint density at radius 1 is 1.20 bits per heavy atom. The monoisotopic (exact) mass is 542 g/mol. The molecule has 3 aromatic heterocycles. The third-order valence-corrected chi connectivity index (χ3v) is 5.97. The lowest BCUT2D eigenvalue weighted by molar-refractivity contribution is 0.0522. The van der Waals surface area contributed by atoms with Crippen LogP contribution in [-0.2, 0) is 16.0 Å². The zero-order valence-electron chi connectivity index (χ0n) is 23.7. The molecule has 0 amide bonds. The molecule has 10 nitrogen and oxygen atoms in total. The summed E-state index contributed by atoms with van der Waals surface area (Å²) >= 11 is 0. The van der Waals surface area contributed by atoms with Gasteiger partial charge >= 0.3 is 12.1 Å². The highest BCUT2D eigenvalue weighted by molar-refractivity contribution is 5.97. The first kappa shape index (κ1) is 28.3. The number of esters is 1. The number of hydrogen-bond acceptors (Lipinski definition) is 8. The molecule has 3 heterocycles. The number of ether oxygens (including phenoxy) is 2. The van der Waals surface area contributed by atoms with Crippen molar-refractivity contribution in [3.05, 3.63) is 71.6 Å². The van der Waals surface area contributed by atoms with E-state index < -0.39 is 17.7 Å². The maximum atomic E-state index is 13.1. The van der Waals surface area contributed by atoms with E-state index in [1.807, 2.05) is 67.4 Å². The molecule has 208 valence electrons. The van der Waals surface area contributed by atoms with Gasteiger partial charge in [0.25, 0.3) is 0 Å². The molecule has 4 aromatic rings. The van der Waals surface area contributed by atoms with Crippen LogP contribution in [0.2, 0.25) is 0 Å². The number of benzene rings is 1. The summed E-state index contributed by atoms with van der Waals surface area (Å²) in [4.78, 5) is 36.9. The van der Waals surface area contributed by atoms with E-state index in [4.69, 9.17) is 14.5 Å². The lowest BCUT2D eigenvalue weighted by Crippen LogP contribution is -2.26. The van der Waals surface area contributed by atoms with Crippen molar-refractivity contribution in [1.82, 2.24) is 19.2 Å². The highest BCUT2D eigenvalue weighted by atomic mass is 16.6. The zero-order valence-corrected chi connectivity index (χ0v) is 23.7. The molecule has 0 saturated heterocycles. The molecule has 0 atom stereocenters. The number of nitrogens with zero attached hydrogens (tertiary/aromatic N) is 6. The number of fused-ring (bicyclic) bond motifs is 1. The molecule has 0 unspecified atom stereocenters. The second-order valence-corrected chi connectivity index (χ2v) is 10.1. The Labute approximate surface area is 233 Å². The lowest BCUT2D eigenvalue weighted by atomic mass is 10.1. The number of allylic oxidation sites excluding steroid dienone is 1. The van der Waals surface area contributed by atoms with E-state index in [2.05, 4.69) is 16.8 Å². The van der Waals surface area contributed by atoms with Crippen molar-refractivity contribution in [2.45, 2.75) is 46.8 Å². The third kappa shape index (κ3) is 5.80. The fraction of sp³-hybridized carbons (Fsp3) is 0.300. The van der Waals surface area contributed by atoms with E-state index in [0.29, 0.717) is 40.6 Å². The molecule has 0 aliphatic rings. The van der Waals surface area contributed by atoms with E-state index in [0.717, 1.165) is 5.56 Å². The van der Waals surface area contributed by atoms with E-state index in [-0.39, 0.29) is 12.2 Å². The van der Waals surface area contributed by atoms with Crippen molar-refractivity contribution < 1.29 is 19.1 Å². The normalized spacial score (nSPS) is 11.7. The summed E-state index contributed by atoms with van der Waals surface area (Å²) < 4.78 is 13.8. The smallest absolute Gasteiger partial charge is 0.420 e. The number of carbonyl (C=O) groups excluding carboxylic acids is 2. The summed E-state index contributed by atoms with van der Waals surface area (Å²) in [7, 11) is 1.94. The van der Waals surface area contributed by atoms with Gasteiger partial charge in [-0.15, -0.1) is 0 Å². The molecular weight excluding hydrogens is 508 g/mol. The number of aliphatic imine (C=N–C) groups is 1. The van der Waals surface area contributed by atoms with Crippen LogP contribution in [0.5, 0.6) is 0 Å². The predicted octanol–water partition coefficient (Wildman–Crippen LogP) is 6.16. The quantitative estimate of drug-likeness (QED) is 0.194. The largest absolute Gasteiger partial charge is 0.462 e. The van der Waals surface area contributed by atoms with Gasteiger partial charge in [-0.1, -0.05) is 42.5 Å². The van der Waals surface area contributed by atoms with E-state index in [1.54, 1.807) is 38.4 Å². The van der Waals surface area contributed by atoms with Crippen molar-refractivity contribution >= 4 is 42.1 Å². The maximum Gasteiger partial charge on any atom is 0.420 e. The Bertz CT molecular complexity index is 1580. The molecule has 0 bridgehead atoms. The topological polar surface area (TPSA) is 103 Å². The number of rotatable bonds is 8. The van der Waals surface area contributed by atoms with Crippen molar-refractivity contribution in [2.24, 2.45) is 4.99 Å². The first-order valence-electron chi connectivity index (χ1n) is 13.0. The number of hydrogen-bond donors (Lipinski definition) is 0. The predicted molar refractivity (Wildman–Crippen MR) is 156 cm³/mol. The van der Waals surface area contributed by atoms with Crippen molar-refractivity contribution in [2.75, 3.05) is 18.6 Å². The minimum atomic E-state index is -0.711. The summed E-state index contributed by atoms with van der Waals surface area (Å²) in [6, 6.07) is 11.9. The molecule has 0 spiro atoms. The van der Waals surface area contributed by atoms with Gasteiger partial charge in [-0.25, -0.2) is 24.1 Å². The molecule has 0 radical (unpaired) electrons. The average Bonchev–Trinajstić information content (AvgIpc) is 3.50. The fourth-order valence-corrected chi connectivity index (χ4v) is 4.30. The zero-order chi connectivity index (χ0) is 29.0. The summed E-state index contributed by atoms with van der Waals surface area (Å²) in [6.45, 7) is 13.5. The Balaban J connectivity index is 1.95. The van der Waals surface area contributed by atoms with Crippen LogP contribution in [0.4, 0.5) is 16.4 Å². The summed E-state index contributed by atoms with van der Waals surface area (Å²) in [5.41, 5.74) is 2.70. The number of anilines is 1. The molecule has 0 saturated carbocycles. The van der Waals surface area contributed by atoms with E-state index in [9.17, 15) is 9.59 Å². The first-order chi connectivity index (χ1) is 19.1. The second kappa shape index (κ2) is 11.6.